The van der Waals surface area contributed by atoms with Crippen molar-refractivity contribution < 1.29 is 9.18 Å². The lowest BCUT2D eigenvalue weighted by Gasteiger charge is -2.00. The molecule has 0 aromatic heterocycles. The molecule has 0 N–H and O–H groups in total. The fourth-order valence-electron chi connectivity index (χ4n) is 1.16. The number of unbranched alkanes of at least 4 members (excludes halogenated alkanes) is 1. The first kappa shape index (κ1) is 12.2. The van der Waals surface area contributed by atoms with E-state index in [1.165, 1.54) is 12.1 Å². The summed E-state index contributed by atoms with van der Waals surface area (Å²) in [6.45, 7) is 2.12. The maximum absolute atomic E-state index is 12.8. The van der Waals surface area contributed by atoms with Crippen molar-refractivity contribution in [1.82, 2.24) is 0 Å². The number of halogens is 1. The zero-order valence-corrected chi connectivity index (χ0v) is 9.65. The molecule has 0 aliphatic heterocycles. The van der Waals surface area contributed by atoms with Gasteiger partial charge in [-0.25, -0.2) is 4.39 Å². The predicted octanol–water partition coefficient (Wildman–Crippen LogP) is 3.54. The first-order chi connectivity index (χ1) is 7.24. The smallest absolute Gasteiger partial charge is 0.172 e. The van der Waals surface area contributed by atoms with Crippen LogP contribution in [0.15, 0.2) is 24.3 Å². The van der Waals surface area contributed by atoms with Crippen molar-refractivity contribution in [1.29, 1.82) is 0 Å². The normalized spacial score (nSPS) is 10.3. The second-order valence-electron chi connectivity index (χ2n) is 3.34. The van der Waals surface area contributed by atoms with E-state index in [-0.39, 0.29) is 11.6 Å². The largest absolute Gasteiger partial charge is 0.293 e. The molecular weight excluding hydrogens is 211 g/mol. The van der Waals surface area contributed by atoms with Crippen LogP contribution in [0.4, 0.5) is 4.39 Å². The van der Waals surface area contributed by atoms with Crippen molar-refractivity contribution in [3.8, 4) is 0 Å². The minimum Gasteiger partial charge on any atom is -0.293 e. The van der Waals surface area contributed by atoms with Crippen LogP contribution < -0.4 is 0 Å². The van der Waals surface area contributed by atoms with Gasteiger partial charge < -0.3 is 0 Å². The number of Topliss-reactive ketones (excluding diaryl/α,β-unsaturated/α-hetero) is 1. The molecule has 0 heterocycles. The Morgan fingerprint density at radius 1 is 1.47 bits per heavy atom. The maximum Gasteiger partial charge on any atom is 0.172 e. The molecule has 0 atom stereocenters. The summed E-state index contributed by atoms with van der Waals surface area (Å²) >= 11 is 1.61. The molecule has 0 fully saturated rings. The van der Waals surface area contributed by atoms with Crippen LogP contribution in [-0.4, -0.2) is 17.3 Å². The zero-order chi connectivity index (χ0) is 11.1. The quantitative estimate of drug-likeness (QED) is 0.545. The van der Waals surface area contributed by atoms with Crippen LogP contribution in [0.5, 0.6) is 0 Å². The molecule has 0 unspecified atom stereocenters. The Kier molecular flexibility index (Phi) is 5.40. The van der Waals surface area contributed by atoms with E-state index < -0.39 is 0 Å². The second-order valence-corrected chi connectivity index (χ2v) is 4.44. The summed E-state index contributed by atoms with van der Waals surface area (Å²) in [6.07, 6.45) is 2.27. The Labute approximate surface area is 94.1 Å². The van der Waals surface area contributed by atoms with E-state index in [1.54, 1.807) is 23.9 Å². The third-order valence-electron chi connectivity index (χ3n) is 2.02. The van der Waals surface area contributed by atoms with Crippen LogP contribution in [0, 0.1) is 5.82 Å². The van der Waals surface area contributed by atoms with E-state index in [0.29, 0.717) is 11.3 Å². The van der Waals surface area contributed by atoms with Gasteiger partial charge in [-0.1, -0.05) is 25.5 Å². The van der Waals surface area contributed by atoms with Gasteiger partial charge in [-0.05, 0) is 24.3 Å². The van der Waals surface area contributed by atoms with Crippen molar-refractivity contribution in [3.05, 3.63) is 35.6 Å². The van der Waals surface area contributed by atoms with E-state index >= 15 is 0 Å². The number of thioether (sulfide) groups is 1. The molecule has 0 radical (unpaired) electrons. The number of hydrogen-bond acceptors (Lipinski definition) is 2. The molecule has 0 aliphatic carbocycles. The number of rotatable bonds is 6. The lowest BCUT2D eigenvalue weighted by Crippen LogP contribution is -2.03. The van der Waals surface area contributed by atoms with E-state index in [9.17, 15) is 9.18 Å². The lowest BCUT2D eigenvalue weighted by atomic mass is 10.1. The van der Waals surface area contributed by atoms with Gasteiger partial charge in [0.25, 0.3) is 0 Å². The first-order valence-electron chi connectivity index (χ1n) is 5.10. The summed E-state index contributed by atoms with van der Waals surface area (Å²) in [7, 11) is 0. The molecule has 1 nitrogen and oxygen atoms in total. The Balaban J connectivity index is 2.40. The molecule has 0 saturated heterocycles. The standard InChI is InChI=1S/C12H15FOS/c1-2-3-7-15-9-12(14)10-5-4-6-11(13)8-10/h4-6,8H,2-3,7,9H2,1H3. The van der Waals surface area contributed by atoms with Gasteiger partial charge in [0.05, 0.1) is 5.75 Å². The Morgan fingerprint density at radius 3 is 2.93 bits per heavy atom. The predicted molar refractivity (Wildman–Crippen MR) is 63.0 cm³/mol. The highest BCUT2D eigenvalue weighted by Gasteiger charge is 2.05. The number of carbonyl (C=O) groups excluding carboxylic acids is 1. The molecule has 3 heteroatoms. The van der Waals surface area contributed by atoms with Crippen molar-refractivity contribution >= 4 is 17.5 Å². The van der Waals surface area contributed by atoms with Crippen LogP contribution in [0.3, 0.4) is 0 Å². The van der Waals surface area contributed by atoms with Gasteiger partial charge in [0, 0.05) is 5.56 Å². The molecule has 1 rings (SSSR count). The highest BCUT2D eigenvalue weighted by molar-refractivity contribution is 7.99. The van der Waals surface area contributed by atoms with E-state index in [1.807, 2.05) is 0 Å². The summed E-state index contributed by atoms with van der Waals surface area (Å²) in [5, 5.41) is 0. The summed E-state index contributed by atoms with van der Waals surface area (Å²) in [6, 6.07) is 5.87. The van der Waals surface area contributed by atoms with Crippen molar-refractivity contribution in [2.24, 2.45) is 0 Å². The average Bonchev–Trinajstić information content (AvgIpc) is 2.24. The molecule has 82 valence electrons. The van der Waals surface area contributed by atoms with Gasteiger partial charge in [-0.15, -0.1) is 0 Å². The lowest BCUT2D eigenvalue weighted by molar-refractivity contribution is 0.102. The van der Waals surface area contributed by atoms with E-state index in [0.717, 1.165) is 18.6 Å². The van der Waals surface area contributed by atoms with Gasteiger partial charge in [0.2, 0.25) is 0 Å². The van der Waals surface area contributed by atoms with E-state index in [2.05, 4.69) is 6.92 Å². The van der Waals surface area contributed by atoms with Crippen molar-refractivity contribution in [2.45, 2.75) is 19.8 Å². The van der Waals surface area contributed by atoms with E-state index in [4.69, 9.17) is 0 Å². The van der Waals surface area contributed by atoms with Crippen LogP contribution >= 0.6 is 11.8 Å². The van der Waals surface area contributed by atoms with Gasteiger partial charge in [-0.3, -0.25) is 4.79 Å². The van der Waals surface area contributed by atoms with Crippen molar-refractivity contribution in [2.75, 3.05) is 11.5 Å². The third-order valence-corrected chi connectivity index (χ3v) is 3.07. The molecule has 0 saturated carbocycles. The first-order valence-corrected chi connectivity index (χ1v) is 6.26. The molecule has 15 heavy (non-hydrogen) atoms. The van der Waals surface area contributed by atoms with Gasteiger partial charge in [0.1, 0.15) is 5.82 Å². The maximum atomic E-state index is 12.8. The summed E-state index contributed by atoms with van der Waals surface area (Å²) in [4.78, 5) is 11.6. The molecule has 0 bridgehead atoms. The molecular formula is C12H15FOS. The van der Waals surface area contributed by atoms with Gasteiger partial charge in [0.15, 0.2) is 5.78 Å². The fraction of sp³-hybridized carbons (Fsp3) is 0.417. The summed E-state index contributed by atoms with van der Waals surface area (Å²) < 4.78 is 12.8. The molecule has 0 amide bonds. The van der Waals surface area contributed by atoms with Crippen LogP contribution in [-0.2, 0) is 0 Å². The number of carbonyl (C=O) groups is 1. The fourth-order valence-corrected chi connectivity index (χ4v) is 2.15. The molecule has 0 aliphatic rings. The number of hydrogen-bond donors (Lipinski definition) is 0. The number of benzene rings is 1. The molecule has 1 aromatic rings. The third kappa shape index (κ3) is 4.47. The minimum atomic E-state index is -0.348. The second kappa shape index (κ2) is 6.62. The highest BCUT2D eigenvalue weighted by Crippen LogP contribution is 2.10. The monoisotopic (exact) mass is 226 g/mol. The molecule has 1 aromatic carbocycles. The Hall–Kier alpha value is -0.830. The zero-order valence-electron chi connectivity index (χ0n) is 8.83. The number of ketones is 1. The SMILES string of the molecule is CCCCSCC(=O)c1cccc(F)c1. The van der Waals surface area contributed by atoms with Crippen molar-refractivity contribution in [3.63, 3.8) is 0 Å². The van der Waals surface area contributed by atoms with Gasteiger partial charge >= 0.3 is 0 Å². The highest BCUT2D eigenvalue weighted by atomic mass is 32.2. The van der Waals surface area contributed by atoms with Gasteiger partial charge in [-0.2, -0.15) is 11.8 Å². The Bertz CT molecular complexity index is 325. The summed E-state index contributed by atoms with van der Waals surface area (Å²) in [5.41, 5.74) is 0.471. The Morgan fingerprint density at radius 2 is 2.27 bits per heavy atom. The van der Waals surface area contributed by atoms with Crippen LogP contribution in [0.25, 0.3) is 0 Å². The summed E-state index contributed by atoms with van der Waals surface area (Å²) in [5.74, 6) is 1.11. The van der Waals surface area contributed by atoms with Crippen LogP contribution in [0.2, 0.25) is 0 Å². The topological polar surface area (TPSA) is 17.1 Å². The minimum absolute atomic E-state index is 0.00982. The van der Waals surface area contributed by atoms with Crippen LogP contribution in [0.1, 0.15) is 30.1 Å². The average molecular weight is 226 g/mol. The molecule has 0 spiro atoms.